The number of aromatic nitrogens is 3. The lowest BCUT2D eigenvalue weighted by Gasteiger charge is -2.32. The van der Waals surface area contributed by atoms with Gasteiger partial charge in [0.1, 0.15) is 0 Å². The highest BCUT2D eigenvalue weighted by Gasteiger charge is 2.24. The van der Waals surface area contributed by atoms with Crippen molar-refractivity contribution in [3.63, 3.8) is 0 Å². The van der Waals surface area contributed by atoms with E-state index in [2.05, 4.69) is 19.9 Å². The smallest absolute Gasteiger partial charge is 0.234 e. The fourth-order valence-electron chi connectivity index (χ4n) is 2.53. The molecular formula is C14H18N4OS. The Hall–Kier alpha value is -1.69. The summed E-state index contributed by atoms with van der Waals surface area (Å²) in [4.78, 5) is 15.5. The maximum atomic E-state index is 5.43. The van der Waals surface area contributed by atoms with Gasteiger partial charge in [0.25, 0.3) is 0 Å². The van der Waals surface area contributed by atoms with E-state index >= 15 is 0 Å². The fourth-order valence-corrected chi connectivity index (χ4v) is 3.30. The minimum Gasteiger partial charge on any atom is -0.477 e. The van der Waals surface area contributed by atoms with E-state index in [0.717, 1.165) is 25.3 Å². The minimum absolute atomic E-state index is 0.501. The van der Waals surface area contributed by atoms with Crippen LogP contribution in [-0.4, -0.2) is 34.6 Å². The Balaban J connectivity index is 1.74. The van der Waals surface area contributed by atoms with Crippen LogP contribution in [0.25, 0.3) is 0 Å². The molecule has 1 atom stereocenters. The van der Waals surface area contributed by atoms with Crippen LogP contribution in [0.5, 0.6) is 5.88 Å². The molecule has 20 heavy (non-hydrogen) atoms. The average molecular weight is 290 g/mol. The summed E-state index contributed by atoms with van der Waals surface area (Å²) in [5.74, 6) is 2.00. The largest absolute Gasteiger partial charge is 0.477 e. The predicted octanol–water partition coefficient (Wildman–Crippen LogP) is 2.72. The van der Waals surface area contributed by atoms with Gasteiger partial charge in [0.05, 0.1) is 24.0 Å². The summed E-state index contributed by atoms with van der Waals surface area (Å²) < 4.78 is 5.43. The molecule has 0 aliphatic carbocycles. The van der Waals surface area contributed by atoms with E-state index in [1.54, 1.807) is 17.5 Å². The molecular weight excluding hydrogens is 272 g/mol. The molecule has 0 unspecified atom stereocenters. The lowest BCUT2D eigenvalue weighted by molar-refractivity contribution is 0.325. The zero-order valence-corrected chi connectivity index (χ0v) is 12.3. The lowest BCUT2D eigenvalue weighted by atomic mass is 9.99. The molecule has 0 aromatic carbocycles. The van der Waals surface area contributed by atoms with Gasteiger partial charge in [-0.1, -0.05) is 0 Å². The van der Waals surface area contributed by atoms with Gasteiger partial charge >= 0.3 is 0 Å². The summed E-state index contributed by atoms with van der Waals surface area (Å²) in [6.45, 7) is 4.54. The molecule has 3 rings (SSSR count). The van der Waals surface area contributed by atoms with E-state index in [0.29, 0.717) is 18.4 Å². The Morgan fingerprint density at radius 2 is 2.40 bits per heavy atom. The van der Waals surface area contributed by atoms with Crippen molar-refractivity contribution in [2.45, 2.75) is 25.7 Å². The van der Waals surface area contributed by atoms with E-state index in [1.807, 2.05) is 24.7 Å². The quantitative estimate of drug-likeness (QED) is 0.866. The number of thiazole rings is 1. The van der Waals surface area contributed by atoms with Gasteiger partial charge in [0.2, 0.25) is 5.88 Å². The van der Waals surface area contributed by atoms with Crippen LogP contribution >= 0.6 is 11.3 Å². The number of hydrogen-bond acceptors (Lipinski definition) is 6. The first kappa shape index (κ1) is 13.3. The first-order valence-corrected chi connectivity index (χ1v) is 7.84. The molecule has 0 N–H and O–H groups in total. The van der Waals surface area contributed by atoms with Crippen LogP contribution in [0.1, 0.15) is 30.7 Å². The molecule has 0 amide bonds. The molecule has 1 saturated heterocycles. The molecule has 3 heterocycles. The van der Waals surface area contributed by atoms with Gasteiger partial charge in [0, 0.05) is 30.6 Å². The second-order valence-corrected chi connectivity index (χ2v) is 5.73. The molecule has 0 radical (unpaired) electrons. The van der Waals surface area contributed by atoms with E-state index in [1.165, 1.54) is 11.4 Å². The van der Waals surface area contributed by atoms with Crippen molar-refractivity contribution in [2.75, 3.05) is 24.6 Å². The first-order valence-electron chi connectivity index (χ1n) is 6.96. The zero-order chi connectivity index (χ0) is 13.8. The second kappa shape index (κ2) is 6.17. The number of piperidine rings is 1. The van der Waals surface area contributed by atoms with Crippen LogP contribution in [0.2, 0.25) is 0 Å². The third-order valence-electron chi connectivity index (χ3n) is 3.44. The Bertz CT molecular complexity index is 546. The van der Waals surface area contributed by atoms with Crippen LogP contribution in [0.4, 0.5) is 5.82 Å². The molecule has 106 valence electrons. The summed E-state index contributed by atoms with van der Waals surface area (Å²) in [5.41, 5.74) is 0. The predicted molar refractivity (Wildman–Crippen MR) is 79.5 cm³/mol. The molecule has 5 nitrogen and oxygen atoms in total. The van der Waals surface area contributed by atoms with Crippen molar-refractivity contribution in [1.29, 1.82) is 0 Å². The highest BCUT2D eigenvalue weighted by atomic mass is 32.1. The van der Waals surface area contributed by atoms with Crippen LogP contribution < -0.4 is 9.64 Å². The van der Waals surface area contributed by atoms with Crippen molar-refractivity contribution in [3.05, 3.63) is 29.0 Å². The molecule has 1 aliphatic rings. The number of ether oxygens (including phenoxy) is 1. The van der Waals surface area contributed by atoms with Crippen molar-refractivity contribution in [1.82, 2.24) is 15.0 Å². The number of anilines is 1. The summed E-state index contributed by atoms with van der Waals surface area (Å²) in [6, 6.07) is 0. The molecule has 6 heteroatoms. The number of hydrogen-bond donors (Lipinski definition) is 0. The monoisotopic (exact) mass is 290 g/mol. The topological polar surface area (TPSA) is 51.1 Å². The molecule has 0 bridgehead atoms. The SMILES string of the molecule is CCOc1cncc(N2CCC[C@H](c3nccs3)C2)n1. The van der Waals surface area contributed by atoms with Gasteiger partial charge in [-0.05, 0) is 19.8 Å². The zero-order valence-electron chi connectivity index (χ0n) is 11.5. The molecule has 2 aromatic heterocycles. The van der Waals surface area contributed by atoms with Gasteiger partial charge in [-0.3, -0.25) is 4.98 Å². The highest BCUT2D eigenvalue weighted by molar-refractivity contribution is 7.09. The Labute approximate surface area is 122 Å². The normalized spacial score (nSPS) is 19.1. The number of rotatable bonds is 4. The van der Waals surface area contributed by atoms with Gasteiger partial charge in [0.15, 0.2) is 5.82 Å². The average Bonchev–Trinajstić information content (AvgIpc) is 3.02. The van der Waals surface area contributed by atoms with Gasteiger partial charge in [-0.15, -0.1) is 11.3 Å². The van der Waals surface area contributed by atoms with E-state index in [-0.39, 0.29) is 0 Å². The van der Waals surface area contributed by atoms with Crippen molar-refractivity contribution in [2.24, 2.45) is 0 Å². The molecule has 1 aliphatic heterocycles. The number of nitrogens with zero attached hydrogens (tertiary/aromatic N) is 4. The van der Waals surface area contributed by atoms with E-state index < -0.39 is 0 Å². The van der Waals surface area contributed by atoms with Crippen molar-refractivity contribution >= 4 is 17.2 Å². The molecule has 1 fully saturated rings. The van der Waals surface area contributed by atoms with E-state index in [9.17, 15) is 0 Å². The Morgan fingerprint density at radius 1 is 1.45 bits per heavy atom. The Kier molecular flexibility index (Phi) is 4.11. The second-order valence-electron chi connectivity index (χ2n) is 4.80. The van der Waals surface area contributed by atoms with Gasteiger partial charge < -0.3 is 9.64 Å². The first-order chi connectivity index (χ1) is 9.86. The van der Waals surface area contributed by atoms with Gasteiger partial charge in [-0.2, -0.15) is 4.98 Å². The molecule has 2 aromatic rings. The standard InChI is InChI=1S/C14H18N4OS/c1-2-19-13-9-15-8-12(17-13)18-6-3-4-11(10-18)14-16-5-7-20-14/h5,7-9,11H,2-4,6,10H2,1H3/t11-/m0/s1. The maximum Gasteiger partial charge on any atom is 0.234 e. The fraction of sp³-hybridized carbons (Fsp3) is 0.500. The Morgan fingerprint density at radius 3 is 3.20 bits per heavy atom. The molecule has 0 spiro atoms. The highest BCUT2D eigenvalue weighted by Crippen LogP contribution is 2.30. The summed E-state index contributed by atoms with van der Waals surface area (Å²) in [6.07, 6.45) is 7.71. The maximum absolute atomic E-state index is 5.43. The van der Waals surface area contributed by atoms with Crippen LogP contribution in [-0.2, 0) is 0 Å². The van der Waals surface area contributed by atoms with E-state index in [4.69, 9.17) is 4.74 Å². The van der Waals surface area contributed by atoms with Gasteiger partial charge in [-0.25, -0.2) is 4.98 Å². The minimum atomic E-state index is 0.501. The van der Waals surface area contributed by atoms with Crippen LogP contribution in [0, 0.1) is 0 Å². The summed E-state index contributed by atoms with van der Waals surface area (Å²) in [5, 5.41) is 3.27. The van der Waals surface area contributed by atoms with Crippen LogP contribution in [0.15, 0.2) is 24.0 Å². The third kappa shape index (κ3) is 2.90. The van der Waals surface area contributed by atoms with Crippen molar-refractivity contribution in [3.8, 4) is 5.88 Å². The molecule has 0 saturated carbocycles. The summed E-state index contributed by atoms with van der Waals surface area (Å²) >= 11 is 1.74. The lowest BCUT2D eigenvalue weighted by Crippen LogP contribution is -2.35. The van der Waals surface area contributed by atoms with Crippen LogP contribution in [0.3, 0.4) is 0 Å². The third-order valence-corrected chi connectivity index (χ3v) is 4.38. The summed E-state index contributed by atoms with van der Waals surface area (Å²) in [7, 11) is 0. The van der Waals surface area contributed by atoms with Crippen molar-refractivity contribution < 1.29 is 4.74 Å².